The summed E-state index contributed by atoms with van der Waals surface area (Å²) in [6.45, 7) is 0.808. The molecule has 5 rings (SSSR count). The molecule has 3 N–H and O–H groups in total. The van der Waals surface area contributed by atoms with Gasteiger partial charge in [0.15, 0.2) is 0 Å². The highest BCUT2D eigenvalue weighted by atomic mass is 32.2. The summed E-state index contributed by atoms with van der Waals surface area (Å²) in [6.07, 6.45) is 4.63. The number of aliphatic hydroxyl groups is 1. The van der Waals surface area contributed by atoms with Gasteiger partial charge >= 0.3 is 0 Å². The summed E-state index contributed by atoms with van der Waals surface area (Å²) in [6, 6.07) is 17.8. The lowest BCUT2D eigenvalue weighted by atomic mass is 10.0. The lowest BCUT2D eigenvalue weighted by Gasteiger charge is -2.23. The average Bonchev–Trinajstić information content (AvgIpc) is 3.41. The van der Waals surface area contributed by atoms with Crippen molar-refractivity contribution >= 4 is 32.4 Å². The van der Waals surface area contributed by atoms with Gasteiger partial charge in [0, 0.05) is 30.2 Å². The van der Waals surface area contributed by atoms with Crippen LogP contribution in [0.2, 0.25) is 0 Å². The Hall–Kier alpha value is -3.36. The number of nitrogens with one attached hydrogen (secondary N) is 2. The second kappa shape index (κ2) is 7.72. The van der Waals surface area contributed by atoms with Crippen LogP contribution in [0.25, 0.3) is 22.2 Å². The van der Waals surface area contributed by atoms with E-state index >= 15 is 0 Å². The Labute approximate surface area is 180 Å². The van der Waals surface area contributed by atoms with Crippen LogP contribution in [0.3, 0.4) is 0 Å². The number of hydrogen-bond acceptors (Lipinski definition) is 5. The Morgan fingerprint density at radius 3 is 2.71 bits per heavy atom. The number of anilines is 2. The first kappa shape index (κ1) is 19.6. The standard InChI is InChI=1S/C23H22N4O3S/c28-21-10-5-13-27(21)17-7-4-6-16(14-17)19-15-25-23-22(19)20(11-12-24-23)26-31(29,30)18-8-2-1-3-9-18/h1-4,6-9,11-12,14-15,21,28H,5,10,13H2,(H2,24,25,26). The molecule has 2 aromatic carbocycles. The van der Waals surface area contributed by atoms with Gasteiger partial charge in [-0.15, -0.1) is 0 Å². The Bertz CT molecular complexity index is 1340. The Morgan fingerprint density at radius 1 is 1.10 bits per heavy atom. The summed E-state index contributed by atoms with van der Waals surface area (Å²) < 4.78 is 28.5. The predicted octanol–water partition coefficient (Wildman–Crippen LogP) is 3.95. The van der Waals surface area contributed by atoms with Gasteiger partial charge in [0.2, 0.25) is 0 Å². The number of sulfonamides is 1. The molecule has 1 atom stereocenters. The molecule has 1 fully saturated rings. The monoisotopic (exact) mass is 434 g/mol. The smallest absolute Gasteiger partial charge is 0.261 e. The molecule has 158 valence electrons. The molecule has 0 radical (unpaired) electrons. The van der Waals surface area contributed by atoms with Gasteiger partial charge in [0.1, 0.15) is 11.9 Å². The molecule has 1 unspecified atom stereocenters. The molecule has 2 aromatic heterocycles. The molecule has 4 aromatic rings. The van der Waals surface area contributed by atoms with E-state index in [1.54, 1.807) is 42.6 Å². The van der Waals surface area contributed by atoms with Crippen LogP contribution in [0.1, 0.15) is 12.8 Å². The van der Waals surface area contributed by atoms with Crippen LogP contribution in [0.15, 0.2) is 78.0 Å². The molecule has 3 heterocycles. The summed E-state index contributed by atoms with van der Waals surface area (Å²) >= 11 is 0. The molecule has 1 saturated heterocycles. The van der Waals surface area contributed by atoms with Gasteiger partial charge < -0.3 is 15.0 Å². The van der Waals surface area contributed by atoms with Crippen molar-refractivity contribution in [3.63, 3.8) is 0 Å². The van der Waals surface area contributed by atoms with Crippen LogP contribution in [-0.4, -0.2) is 36.3 Å². The average molecular weight is 435 g/mol. The number of fused-ring (bicyclic) bond motifs is 1. The first-order chi connectivity index (χ1) is 15.0. The number of benzene rings is 2. The number of aromatic amines is 1. The van der Waals surface area contributed by atoms with Gasteiger partial charge in [-0.1, -0.05) is 30.3 Å². The van der Waals surface area contributed by atoms with E-state index < -0.39 is 16.3 Å². The van der Waals surface area contributed by atoms with Crippen LogP contribution < -0.4 is 9.62 Å². The fraction of sp³-hybridized carbons (Fsp3) is 0.174. The van der Waals surface area contributed by atoms with Crippen molar-refractivity contribution in [1.29, 1.82) is 0 Å². The zero-order chi connectivity index (χ0) is 21.4. The molecule has 7 nitrogen and oxygen atoms in total. The van der Waals surface area contributed by atoms with Crippen molar-refractivity contribution < 1.29 is 13.5 Å². The van der Waals surface area contributed by atoms with E-state index in [4.69, 9.17) is 0 Å². The van der Waals surface area contributed by atoms with Crippen molar-refractivity contribution in [1.82, 2.24) is 9.97 Å². The minimum atomic E-state index is -3.74. The molecule has 31 heavy (non-hydrogen) atoms. The highest BCUT2D eigenvalue weighted by molar-refractivity contribution is 7.92. The van der Waals surface area contributed by atoms with Crippen LogP contribution in [0.5, 0.6) is 0 Å². The Balaban J connectivity index is 1.58. The number of aliphatic hydroxyl groups excluding tert-OH is 1. The molecule has 0 saturated carbocycles. The van der Waals surface area contributed by atoms with E-state index in [-0.39, 0.29) is 4.90 Å². The van der Waals surface area contributed by atoms with Gasteiger partial charge in [0.25, 0.3) is 10.0 Å². The third-order valence-corrected chi connectivity index (χ3v) is 6.96. The number of hydrogen-bond donors (Lipinski definition) is 3. The summed E-state index contributed by atoms with van der Waals surface area (Å²) in [4.78, 5) is 9.68. The Kier molecular flexibility index (Phi) is 4.88. The zero-order valence-electron chi connectivity index (χ0n) is 16.7. The maximum absolute atomic E-state index is 12.9. The van der Waals surface area contributed by atoms with Gasteiger partial charge in [-0.05, 0) is 48.7 Å². The van der Waals surface area contributed by atoms with Gasteiger partial charge in [-0.25, -0.2) is 13.4 Å². The van der Waals surface area contributed by atoms with Crippen LogP contribution >= 0.6 is 0 Å². The number of H-pyrrole nitrogens is 1. The van der Waals surface area contributed by atoms with Crippen molar-refractivity contribution in [2.45, 2.75) is 24.0 Å². The van der Waals surface area contributed by atoms with E-state index in [1.165, 1.54) is 0 Å². The second-order valence-electron chi connectivity index (χ2n) is 7.57. The molecule has 8 heteroatoms. The van der Waals surface area contributed by atoms with Crippen molar-refractivity contribution in [3.8, 4) is 11.1 Å². The summed E-state index contributed by atoms with van der Waals surface area (Å²) in [5.74, 6) is 0. The molecule has 1 aliphatic rings. The van der Waals surface area contributed by atoms with E-state index in [0.29, 0.717) is 16.7 Å². The highest BCUT2D eigenvalue weighted by Crippen LogP contribution is 2.36. The number of nitrogens with zero attached hydrogens (tertiary/aromatic N) is 2. The van der Waals surface area contributed by atoms with Crippen LogP contribution in [0, 0.1) is 0 Å². The lowest BCUT2D eigenvalue weighted by molar-refractivity contribution is 0.186. The number of aromatic nitrogens is 2. The number of rotatable bonds is 5. The summed E-state index contributed by atoms with van der Waals surface area (Å²) in [5.41, 5.74) is 3.74. The van der Waals surface area contributed by atoms with Gasteiger partial charge in [-0.3, -0.25) is 4.72 Å². The molecule has 0 amide bonds. The second-order valence-corrected chi connectivity index (χ2v) is 9.25. The minimum Gasteiger partial charge on any atom is -0.374 e. The van der Waals surface area contributed by atoms with Crippen LogP contribution in [0.4, 0.5) is 11.4 Å². The van der Waals surface area contributed by atoms with E-state index in [2.05, 4.69) is 14.7 Å². The molecule has 0 bridgehead atoms. The molecular weight excluding hydrogens is 412 g/mol. The van der Waals surface area contributed by atoms with Crippen LogP contribution in [-0.2, 0) is 10.0 Å². The minimum absolute atomic E-state index is 0.196. The van der Waals surface area contributed by atoms with Crippen molar-refractivity contribution in [2.24, 2.45) is 0 Å². The highest BCUT2D eigenvalue weighted by Gasteiger charge is 2.23. The Morgan fingerprint density at radius 2 is 1.94 bits per heavy atom. The van der Waals surface area contributed by atoms with Crippen molar-refractivity contribution in [3.05, 3.63) is 73.1 Å². The third-order valence-electron chi connectivity index (χ3n) is 5.58. The van der Waals surface area contributed by atoms with Gasteiger partial charge in [-0.2, -0.15) is 0 Å². The predicted molar refractivity (Wildman–Crippen MR) is 121 cm³/mol. The largest absolute Gasteiger partial charge is 0.374 e. The maximum atomic E-state index is 12.9. The fourth-order valence-electron chi connectivity index (χ4n) is 4.07. The summed E-state index contributed by atoms with van der Waals surface area (Å²) in [5, 5.41) is 10.9. The molecular formula is C23H22N4O3S. The van der Waals surface area contributed by atoms with E-state index in [9.17, 15) is 13.5 Å². The van der Waals surface area contributed by atoms with Crippen molar-refractivity contribution in [2.75, 3.05) is 16.2 Å². The normalized spacial score (nSPS) is 16.7. The molecule has 1 aliphatic heterocycles. The topological polar surface area (TPSA) is 98.3 Å². The fourth-order valence-corrected chi connectivity index (χ4v) is 5.17. The first-order valence-electron chi connectivity index (χ1n) is 10.1. The first-order valence-corrected chi connectivity index (χ1v) is 11.6. The SMILES string of the molecule is O=S(=O)(Nc1ccnc2[nH]cc(-c3cccc(N4CCCC4O)c3)c12)c1ccccc1. The third kappa shape index (κ3) is 3.64. The summed E-state index contributed by atoms with van der Waals surface area (Å²) in [7, 11) is -3.74. The van der Waals surface area contributed by atoms with Gasteiger partial charge in [0.05, 0.1) is 16.0 Å². The zero-order valence-corrected chi connectivity index (χ0v) is 17.5. The molecule has 0 spiro atoms. The van der Waals surface area contributed by atoms with E-state index in [1.807, 2.05) is 35.4 Å². The van der Waals surface area contributed by atoms with E-state index in [0.717, 1.165) is 36.2 Å². The molecule has 0 aliphatic carbocycles. The maximum Gasteiger partial charge on any atom is 0.261 e. The lowest BCUT2D eigenvalue weighted by Crippen LogP contribution is -2.28. The number of pyridine rings is 1. The quantitative estimate of drug-likeness (QED) is 0.442.